The molecule has 1 aromatic carbocycles. The van der Waals surface area contributed by atoms with Gasteiger partial charge in [0, 0.05) is 9.79 Å². The van der Waals surface area contributed by atoms with Gasteiger partial charge in [-0.1, -0.05) is 17.8 Å². The fourth-order valence-electron chi connectivity index (χ4n) is 1.29. The highest BCUT2D eigenvalue weighted by atomic mass is 32.2. The third kappa shape index (κ3) is 2.80. The predicted octanol–water partition coefficient (Wildman–Crippen LogP) is 3.59. The van der Waals surface area contributed by atoms with E-state index in [0.717, 1.165) is 25.5 Å². The molecule has 1 aromatic heterocycles. The van der Waals surface area contributed by atoms with E-state index in [1.807, 2.05) is 31.4 Å². The zero-order valence-corrected chi connectivity index (χ0v) is 11.7. The lowest BCUT2D eigenvalue weighted by Crippen LogP contribution is -1.85. The molecule has 2 aromatic rings. The van der Waals surface area contributed by atoms with Crippen LogP contribution in [0.3, 0.4) is 0 Å². The van der Waals surface area contributed by atoms with Crippen molar-refractivity contribution in [2.75, 3.05) is 6.26 Å². The Bertz CT molecular complexity index is 572. The topological polar surface area (TPSA) is 49.6 Å². The molecule has 0 saturated heterocycles. The van der Waals surface area contributed by atoms with E-state index in [0.29, 0.717) is 0 Å². The second-order valence-corrected chi connectivity index (χ2v) is 6.04. The quantitative estimate of drug-likeness (QED) is 0.804. The Balaban J connectivity index is 2.36. The molecule has 1 heterocycles. The number of rotatable bonds is 3. The lowest BCUT2D eigenvalue weighted by molar-refractivity contribution is 1.10. The van der Waals surface area contributed by atoms with Crippen molar-refractivity contribution in [3.63, 3.8) is 0 Å². The molecule has 3 nitrogen and oxygen atoms in total. The van der Waals surface area contributed by atoms with Crippen LogP contribution in [0.5, 0.6) is 0 Å². The molecular formula is C11H9N3S3. The summed E-state index contributed by atoms with van der Waals surface area (Å²) in [4.78, 5) is 6.23. The Kier molecular flexibility index (Phi) is 4.05. The number of aromatic nitrogens is 2. The second-order valence-electron chi connectivity index (χ2n) is 3.15. The van der Waals surface area contributed by atoms with Gasteiger partial charge in [-0.3, -0.25) is 0 Å². The van der Waals surface area contributed by atoms with E-state index in [4.69, 9.17) is 0 Å². The van der Waals surface area contributed by atoms with Gasteiger partial charge in [-0.05, 0) is 36.8 Å². The van der Waals surface area contributed by atoms with Crippen molar-refractivity contribution in [1.82, 2.24) is 9.36 Å². The van der Waals surface area contributed by atoms with Gasteiger partial charge in [0.15, 0.2) is 4.34 Å². The Morgan fingerprint density at radius 3 is 2.71 bits per heavy atom. The number of nitriles is 1. The first-order valence-corrected chi connectivity index (χ1v) is 7.61. The molecule has 0 aliphatic rings. The van der Waals surface area contributed by atoms with Gasteiger partial charge < -0.3 is 0 Å². The Morgan fingerprint density at radius 2 is 2.12 bits per heavy atom. The molecule has 0 atom stereocenters. The summed E-state index contributed by atoms with van der Waals surface area (Å²) in [6.45, 7) is 1.87. The van der Waals surface area contributed by atoms with Crippen LogP contribution in [0.25, 0.3) is 0 Å². The molecule has 0 bridgehead atoms. The molecule has 0 spiro atoms. The summed E-state index contributed by atoms with van der Waals surface area (Å²) in [5.41, 5.74) is 0.720. The Hall–Kier alpha value is -1.03. The van der Waals surface area contributed by atoms with Crippen LogP contribution in [0, 0.1) is 18.3 Å². The van der Waals surface area contributed by atoms with Gasteiger partial charge in [-0.25, -0.2) is 4.98 Å². The zero-order chi connectivity index (χ0) is 12.3. The van der Waals surface area contributed by atoms with Crippen LogP contribution in [0.15, 0.2) is 32.3 Å². The van der Waals surface area contributed by atoms with Crippen LogP contribution in [0.4, 0.5) is 0 Å². The molecule has 0 N–H and O–H groups in total. The molecule has 86 valence electrons. The van der Waals surface area contributed by atoms with Gasteiger partial charge in [-0.2, -0.15) is 9.64 Å². The van der Waals surface area contributed by atoms with Crippen LogP contribution in [-0.4, -0.2) is 15.6 Å². The predicted molar refractivity (Wildman–Crippen MR) is 71.7 cm³/mol. The fourth-order valence-corrected chi connectivity index (χ4v) is 3.65. The van der Waals surface area contributed by atoms with Crippen LogP contribution in [0.1, 0.15) is 11.4 Å². The van der Waals surface area contributed by atoms with E-state index >= 15 is 0 Å². The molecule has 0 radical (unpaired) electrons. The van der Waals surface area contributed by atoms with Gasteiger partial charge in [0.2, 0.25) is 0 Å². The van der Waals surface area contributed by atoms with E-state index in [9.17, 15) is 5.26 Å². The Morgan fingerprint density at radius 1 is 1.35 bits per heavy atom. The highest BCUT2D eigenvalue weighted by Gasteiger charge is 2.10. The first kappa shape index (κ1) is 12.4. The third-order valence-electron chi connectivity index (χ3n) is 2.03. The molecule has 6 heteroatoms. The van der Waals surface area contributed by atoms with E-state index < -0.39 is 0 Å². The van der Waals surface area contributed by atoms with Crippen molar-refractivity contribution in [3.05, 3.63) is 29.6 Å². The summed E-state index contributed by atoms with van der Waals surface area (Å²) in [5.74, 6) is 0.775. The van der Waals surface area contributed by atoms with Crippen molar-refractivity contribution in [2.45, 2.75) is 21.1 Å². The normalized spacial score (nSPS) is 10.2. The zero-order valence-electron chi connectivity index (χ0n) is 9.30. The molecule has 2 rings (SSSR count). The summed E-state index contributed by atoms with van der Waals surface area (Å²) >= 11 is 4.44. The van der Waals surface area contributed by atoms with E-state index in [2.05, 4.69) is 15.4 Å². The largest absolute Gasteiger partial charge is 0.213 e. The van der Waals surface area contributed by atoms with Gasteiger partial charge >= 0.3 is 0 Å². The number of benzene rings is 1. The first-order valence-electron chi connectivity index (χ1n) is 4.80. The third-order valence-corrected chi connectivity index (χ3v) is 4.71. The van der Waals surface area contributed by atoms with Crippen molar-refractivity contribution >= 4 is 35.1 Å². The molecule has 0 amide bonds. The molecule has 0 fully saturated rings. The monoisotopic (exact) mass is 279 g/mol. The summed E-state index contributed by atoms with van der Waals surface area (Å²) in [5, 5.41) is 9.20. The Labute approximate surface area is 112 Å². The average Bonchev–Trinajstić information content (AvgIpc) is 2.74. The van der Waals surface area contributed by atoms with Gasteiger partial charge in [0.05, 0.1) is 5.56 Å². The van der Waals surface area contributed by atoms with Crippen LogP contribution in [-0.2, 0) is 0 Å². The summed E-state index contributed by atoms with van der Waals surface area (Å²) in [6.07, 6.45) is 1.97. The molecule has 0 aliphatic carbocycles. The number of nitrogens with zero attached hydrogens (tertiary/aromatic N) is 3. The van der Waals surface area contributed by atoms with E-state index in [1.165, 1.54) is 23.3 Å². The first-order chi connectivity index (χ1) is 8.24. The highest BCUT2D eigenvalue weighted by Crippen LogP contribution is 2.34. The fraction of sp³-hybridized carbons (Fsp3) is 0.182. The summed E-state index contributed by atoms with van der Waals surface area (Å²) in [7, 11) is 0. The smallest absolute Gasteiger partial charge is 0.174 e. The van der Waals surface area contributed by atoms with Crippen LogP contribution < -0.4 is 0 Å². The minimum atomic E-state index is 0.720. The molecule has 0 unspecified atom stereocenters. The SMILES string of the molecule is CSc1cccc(Sc2nc(C)ns2)c1C#N. The maximum absolute atomic E-state index is 9.20. The number of hydrogen-bond donors (Lipinski definition) is 0. The maximum atomic E-state index is 9.20. The van der Waals surface area contributed by atoms with E-state index in [1.54, 1.807) is 11.8 Å². The minimum absolute atomic E-state index is 0.720. The molecular weight excluding hydrogens is 270 g/mol. The molecule has 17 heavy (non-hydrogen) atoms. The van der Waals surface area contributed by atoms with Gasteiger partial charge in [-0.15, -0.1) is 11.8 Å². The lowest BCUT2D eigenvalue weighted by Gasteiger charge is -2.04. The number of aryl methyl sites for hydroxylation is 1. The number of hydrogen-bond acceptors (Lipinski definition) is 6. The molecule has 0 saturated carbocycles. The standard InChI is InChI=1S/C11H9N3S3/c1-7-13-11(17-14-7)16-10-5-3-4-9(15-2)8(10)6-12/h3-5H,1-2H3. The minimum Gasteiger partial charge on any atom is -0.213 e. The lowest BCUT2D eigenvalue weighted by atomic mass is 10.2. The second kappa shape index (κ2) is 5.54. The average molecular weight is 279 g/mol. The van der Waals surface area contributed by atoms with Gasteiger partial charge in [0.25, 0.3) is 0 Å². The summed E-state index contributed by atoms with van der Waals surface area (Å²) < 4.78 is 5.00. The van der Waals surface area contributed by atoms with Crippen molar-refractivity contribution < 1.29 is 0 Å². The van der Waals surface area contributed by atoms with Crippen LogP contribution >= 0.6 is 35.1 Å². The maximum Gasteiger partial charge on any atom is 0.174 e. The number of thioether (sulfide) groups is 1. The van der Waals surface area contributed by atoms with Crippen molar-refractivity contribution in [2.24, 2.45) is 0 Å². The van der Waals surface area contributed by atoms with Crippen molar-refractivity contribution in [3.8, 4) is 6.07 Å². The molecule has 0 aliphatic heterocycles. The van der Waals surface area contributed by atoms with Crippen LogP contribution in [0.2, 0.25) is 0 Å². The van der Waals surface area contributed by atoms with Gasteiger partial charge in [0.1, 0.15) is 11.9 Å². The summed E-state index contributed by atoms with van der Waals surface area (Å²) in [6, 6.07) is 8.12. The van der Waals surface area contributed by atoms with E-state index in [-0.39, 0.29) is 0 Å². The van der Waals surface area contributed by atoms with Crippen molar-refractivity contribution in [1.29, 1.82) is 5.26 Å². The highest BCUT2D eigenvalue weighted by molar-refractivity contribution is 8.01.